The lowest BCUT2D eigenvalue weighted by atomic mass is 10.2. The van der Waals surface area contributed by atoms with Crippen LogP contribution in [0.4, 0.5) is 0 Å². The maximum absolute atomic E-state index is 5.60. The minimum absolute atomic E-state index is 0.377. The Bertz CT molecular complexity index is 541. The first kappa shape index (κ1) is 15.0. The fraction of sp³-hybridized carbons (Fsp3) is 0.267. The Morgan fingerprint density at radius 1 is 1.15 bits per heavy atom. The Morgan fingerprint density at radius 3 is 2.80 bits per heavy atom. The van der Waals surface area contributed by atoms with E-state index in [0.29, 0.717) is 18.2 Å². The zero-order valence-corrected chi connectivity index (χ0v) is 12.7. The van der Waals surface area contributed by atoms with Gasteiger partial charge in [-0.25, -0.2) is 0 Å². The summed E-state index contributed by atoms with van der Waals surface area (Å²) in [6.07, 6.45) is 0.953. The van der Waals surface area contributed by atoms with Crippen LogP contribution in [0.15, 0.2) is 41.8 Å². The molecule has 0 aliphatic heterocycles. The molecule has 0 spiro atoms. The van der Waals surface area contributed by atoms with Crippen molar-refractivity contribution in [1.82, 2.24) is 0 Å². The van der Waals surface area contributed by atoms with E-state index >= 15 is 0 Å². The molecule has 1 heterocycles. The van der Waals surface area contributed by atoms with Crippen LogP contribution in [-0.2, 0) is 11.2 Å². The molecule has 0 atom stereocenters. The average molecular weight is 307 g/mol. The number of nitrogens with two attached hydrogens (primary N) is 1. The standard InChI is InChI=1S/C15H17NO2S2/c16-15(19)12-3-1-4-13(11-12)18-9-8-17-7-6-14-5-2-10-20-14/h1-5,10-11H,6-9H2,(H2,16,19). The van der Waals surface area contributed by atoms with Crippen molar-refractivity contribution in [2.75, 3.05) is 19.8 Å². The molecule has 5 heteroatoms. The molecule has 0 unspecified atom stereocenters. The van der Waals surface area contributed by atoms with Gasteiger partial charge in [0.05, 0.1) is 13.2 Å². The third-order valence-electron chi connectivity index (χ3n) is 2.69. The second-order valence-electron chi connectivity index (χ2n) is 4.18. The predicted octanol–water partition coefficient (Wildman–Crippen LogP) is 3.02. The molecule has 0 aliphatic rings. The number of rotatable bonds is 8. The van der Waals surface area contributed by atoms with E-state index in [4.69, 9.17) is 27.4 Å². The second kappa shape index (κ2) is 7.99. The lowest BCUT2D eigenvalue weighted by Gasteiger charge is -2.08. The van der Waals surface area contributed by atoms with E-state index in [1.165, 1.54) is 4.88 Å². The number of thiocarbonyl (C=S) groups is 1. The molecule has 2 aromatic rings. The van der Waals surface area contributed by atoms with Gasteiger partial charge in [0.15, 0.2) is 0 Å². The SMILES string of the molecule is NC(=S)c1cccc(OCCOCCc2cccs2)c1. The van der Waals surface area contributed by atoms with Crippen LogP contribution < -0.4 is 10.5 Å². The molecular weight excluding hydrogens is 290 g/mol. The highest BCUT2D eigenvalue weighted by atomic mass is 32.1. The first-order chi connectivity index (χ1) is 9.75. The summed E-state index contributed by atoms with van der Waals surface area (Å²) in [5.74, 6) is 0.761. The van der Waals surface area contributed by atoms with Crippen LogP contribution in [0.5, 0.6) is 5.75 Å². The van der Waals surface area contributed by atoms with E-state index < -0.39 is 0 Å². The van der Waals surface area contributed by atoms with Crippen LogP contribution in [0.3, 0.4) is 0 Å². The molecule has 1 aromatic heterocycles. The summed E-state index contributed by atoms with van der Waals surface area (Å²) in [4.78, 5) is 1.72. The molecule has 0 aliphatic carbocycles. The highest BCUT2D eigenvalue weighted by molar-refractivity contribution is 7.80. The molecule has 0 radical (unpaired) electrons. The number of hydrogen-bond acceptors (Lipinski definition) is 4. The van der Waals surface area contributed by atoms with Crippen LogP contribution in [-0.4, -0.2) is 24.8 Å². The lowest BCUT2D eigenvalue weighted by Crippen LogP contribution is -2.11. The Morgan fingerprint density at radius 2 is 2.05 bits per heavy atom. The van der Waals surface area contributed by atoms with Gasteiger partial charge in [-0.3, -0.25) is 0 Å². The lowest BCUT2D eigenvalue weighted by molar-refractivity contribution is 0.103. The maximum atomic E-state index is 5.60. The molecule has 0 saturated carbocycles. The van der Waals surface area contributed by atoms with Gasteiger partial charge in [0.25, 0.3) is 0 Å². The molecule has 0 saturated heterocycles. The van der Waals surface area contributed by atoms with Gasteiger partial charge < -0.3 is 15.2 Å². The average Bonchev–Trinajstić information content (AvgIpc) is 2.96. The summed E-state index contributed by atoms with van der Waals surface area (Å²) in [7, 11) is 0. The third-order valence-corrected chi connectivity index (χ3v) is 3.86. The van der Waals surface area contributed by atoms with E-state index in [2.05, 4.69) is 17.5 Å². The van der Waals surface area contributed by atoms with Crippen molar-refractivity contribution in [3.8, 4) is 5.75 Å². The zero-order chi connectivity index (χ0) is 14.2. The van der Waals surface area contributed by atoms with Crippen LogP contribution in [0.25, 0.3) is 0 Å². The van der Waals surface area contributed by atoms with Crippen molar-refractivity contribution >= 4 is 28.5 Å². The van der Waals surface area contributed by atoms with Gasteiger partial charge >= 0.3 is 0 Å². The van der Waals surface area contributed by atoms with E-state index in [1.807, 2.05) is 24.3 Å². The second-order valence-corrected chi connectivity index (χ2v) is 5.65. The molecular formula is C15H17NO2S2. The number of hydrogen-bond donors (Lipinski definition) is 1. The first-order valence-corrected chi connectivity index (χ1v) is 7.67. The first-order valence-electron chi connectivity index (χ1n) is 6.38. The van der Waals surface area contributed by atoms with Crippen LogP contribution in [0.1, 0.15) is 10.4 Å². The largest absolute Gasteiger partial charge is 0.491 e. The summed E-state index contributed by atoms with van der Waals surface area (Å²) in [6, 6.07) is 11.6. The molecule has 2 N–H and O–H groups in total. The van der Waals surface area contributed by atoms with Crippen LogP contribution >= 0.6 is 23.6 Å². The normalized spacial score (nSPS) is 10.4. The van der Waals surface area contributed by atoms with Gasteiger partial charge in [0.2, 0.25) is 0 Å². The summed E-state index contributed by atoms with van der Waals surface area (Å²) in [5, 5.41) is 2.08. The van der Waals surface area contributed by atoms with Gasteiger partial charge in [-0.2, -0.15) is 0 Å². The fourth-order valence-corrected chi connectivity index (χ4v) is 2.50. The van der Waals surface area contributed by atoms with Crippen LogP contribution in [0, 0.1) is 0 Å². The van der Waals surface area contributed by atoms with Crippen molar-refractivity contribution in [3.05, 3.63) is 52.2 Å². The van der Waals surface area contributed by atoms with Gasteiger partial charge in [-0.15, -0.1) is 11.3 Å². The smallest absolute Gasteiger partial charge is 0.120 e. The molecule has 106 valence electrons. The Kier molecular flexibility index (Phi) is 5.98. The predicted molar refractivity (Wildman–Crippen MR) is 86.7 cm³/mol. The summed E-state index contributed by atoms with van der Waals surface area (Å²) < 4.78 is 11.1. The molecule has 0 fully saturated rings. The molecule has 20 heavy (non-hydrogen) atoms. The molecule has 2 rings (SSSR count). The van der Waals surface area contributed by atoms with Crippen molar-refractivity contribution in [2.45, 2.75) is 6.42 Å². The van der Waals surface area contributed by atoms with E-state index in [1.54, 1.807) is 11.3 Å². The topological polar surface area (TPSA) is 44.5 Å². The zero-order valence-electron chi connectivity index (χ0n) is 11.1. The Labute approximate surface area is 128 Å². The minimum atomic E-state index is 0.377. The Hall–Kier alpha value is -1.43. The molecule has 0 amide bonds. The van der Waals surface area contributed by atoms with Gasteiger partial charge in [-0.1, -0.05) is 30.4 Å². The summed E-state index contributed by atoms with van der Waals surface area (Å²) in [6.45, 7) is 1.81. The van der Waals surface area contributed by atoms with Gasteiger partial charge in [0.1, 0.15) is 17.3 Å². The van der Waals surface area contributed by atoms with Crippen LogP contribution in [0.2, 0.25) is 0 Å². The highest BCUT2D eigenvalue weighted by Gasteiger charge is 1.99. The maximum Gasteiger partial charge on any atom is 0.120 e. The number of thiophene rings is 1. The highest BCUT2D eigenvalue weighted by Crippen LogP contribution is 2.13. The van der Waals surface area contributed by atoms with Gasteiger partial charge in [-0.05, 0) is 23.6 Å². The number of benzene rings is 1. The van der Waals surface area contributed by atoms with E-state index in [0.717, 1.165) is 24.3 Å². The van der Waals surface area contributed by atoms with Crippen molar-refractivity contribution in [2.24, 2.45) is 5.73 Å². The third kappa shape index (κ3) is 4.92. The monoisotopic (exact) mass is 307 g/mol. The van der Waals surface area contributed by atoms with E-state index in [-0.39, 0.29) is 0 Å². The summed E-state index contributed by atoms with van der Waals surface area (Å²) in [5.41, 5.74) is 6.39. The molecule has 0 bridgehead atoms. The summed E-state index contributed by atoms with van der Waals surface area (Å²) >= 11 is 6.68. The minimum Gasteiger partial charge on any atom is -0.491 e. The molecule has 3 nitrogen and oxygen atoms in total. The van der Waals surface area contributed by atoms with E-state index in [9.17, 15) is 0 Å². The molecule has 1 aromatic carbocycles. The van der Waals surface area contributed by atoms with Crippen molar-refractivity contribution in [1.29, 1.82) is 0 Å². The van der Waals surface area contributed by atoms with Gasteiger partial charge in [0, 0.05) is 16.9 Å². The Balaban J connectivity index is 1.63. The number of ether oxygens (including phenoxy) is 2. The van der Waals surface area contributed by atoms with Crippen molar-refractivity contribution < 1.29 is 9.47 Å². The quantitative estimate of drug-likeness (QED) is 0.601. The van der Waals surface area contributed by atoms with Crippen molar-refractivity contribution in [3.63, 3.8) is 0 Å². The fourth-order valence-electron chi connectivity index (χ4n) is 1.69.